The molecule has 2 heterocycles. The van der Waals surface area contributed by atoms with Gasteiger partial charge in [0.15, 0.2) is 0 Å². The monoisotopic (exact) mass is 267 g/mol. The zero-order valence-corrected chi connectivity index (χ0v) is 11.0. The lowest BCUT2D eigenvalue weighted by atomic mass is 9.98. The minimum absolute atomic E-state index is 0.196. The second-order valence-corrected chi connectivity index (χ2v) is 5.17. The Bertz CT molecular complexity index is 485. The number of carbonyl (C=O) groups is 2. The van der Waals surface area contributed by atoms with Crippen LogP contribution in [0, 0.1) is 0 Å². The van der Waals surface area contributed by atoms with Crippen LogP contribution >= 0.6 is 11.6 Å². The summed E-state index contributed by atoms with van der Waals surface area (Å²) in [5.74, 6) is -0.554. The Morgan fingerprint density at radius 3 is 2.78 bits per heavy atom. The number of rotatable bonds is 2. The predicted octanol–water partition coefficient (Wildman–Crippen LogP) is 0.972. The summed E-state index contributed by atoms with van der Waals surface area (Å²) in [4.78, 5) is 29.0. The Kier molecular flexibility index (Phi) is 3.36. The predicted molar refractivity (Wildman–Crippen MR) is 66.9 cm³/mol. The molecule has 1 aliphatic rings. The molecule has 6 heteroatoms. The number of carbonyl (C=O) groups excluding carboxylic acids is 2. The van der Waals surface area contributed by atoms with Crippen molar-refractivity contribution in [1.29, 1.82) is 0 Å². The van der Waals surface area contributed by atoms with Crippen LogP contribution in [0.1, 0.15) is 19.4 Å². The van der Waals surface area contributed by atoms with Crippen LogP contribution < -0.4 is 5.32 Å². The molecular weight excluding hydrogens is 254 g/mol. The van der Waals surface area contributed by atoms with E-state index in [2.05, 4.69) is 10.3 Å². The molecule has 5 nitrogen and oxygen atoms in total. The van der Waals surface area contributed by atoms with Crippen LogP contribution in [0.3, 0.4) is 0 Å². The van der Waals surface area contributed by atoms with Crippen molar-refractivity contribution in [3.8, 4) is 0 Å². The van der Waals surface area contributed by atoms with Crippen molar-refractivity contribution in [3.63, 3.8) is 0 Å². The first-order chi connectivity index (χ1) is 8.39. The number of nitrogens with zero attached hydrogens (tertiary/aromatic N) is 2. The Balaban J connectivity index is 2.18. The molecule has 0 aromatic carbocycles. The van der Waals surface area contributed by atoms with Gasteiger partial charge in [-0.05, 0) is 25.5 Å². The van der Waals surface area contributed by atoms with Gasteiger partial charge in [-0.1, -0.05) is 17.7 Å². The summed E-state index contributed by atoms with van der Waals surface area (Å²) in [6.45, 7) is 4.26. The molecule has 0 spiro atoms. The largest absolute Gasteiger partial charge is 0.294 e. The second kappa shape index (κ2) is 4.66. The first-order valence-corrected chi connectivity index (χ1v) is 5.97. The van der Waals surface area contributed by atoms with Gasteiger partial charge in [-0.2, -0.15) is 0 Å². The molecular formula is C12H14ClN3O2. The van der Waals surface area contributed by atoms with Gasteiger partial charge in [0, 0.05) is 12.7 Å². The van der Waals surface area contributed by atoms with Crippen LogP contribution in [0.15, 0.2) is 18.3 Å². The van der Waals surface area contributed by atoms with Crippen molar-refractivity contribution in [2.24, 2.45) is 0 Å². The molecule has 2 rings (SSSR count). The maximum absolute atomic E-state index is 11.8. The number of aromatic nitrogens is 1. The summed E-state index contributed by atoms with van der Waals surface area (Å²) >= 11 is 5.71. The molecule has 1 fully saturated rings. The summed E-state index contributed by atoms with van der Waals surface area (Å²) in [5, 5.41) is 2.76. The molecule has 1 aromatic heterocycles. The van der Waals surface area contributed by atoms with E-state index in [0.717, 1.165) is 5.56 Å². The molecule has 0 radical (unpaired) electrons. The summed E-state index contributed by atoms with van der Waals surface area (Å²) < 4.78 is 0. The average molecular weight is 268 g/mol. The normalized spacial score (nSPS) is 19.7. The van der Waals surface area contributed by atoms with Crippen LogP contribution in [-0.4, -0.2) is 33.8 Å². The summed E-state index contributed by atoms with van der Waals surface area (Å²) in [5.41, 5.74) is 0.197. The van der Waals surface area contributed by atoms with Crippen molar-refractivity contribution in [2.45, 2.75) is 25.9 Å². The van der Waals surface area contributed by atoms with Crippen molar-refractivity contribution in [3.05, 3.63) is 29.0 Å². The van der Waals surface area contributed by atoms with Gasteiger partial charge in [-0.3, -0.25) is 19.8 Å². The van der Waals surface area contributed by atoms with Crippen molar-refractivity contribution < 1.29 is 9.59 Å². The topological polar surface area (TPSA) is 62.3 Å². The van der Waals surface area contributed by atoms with Gasteiger partial charge < -0.3 is 0 Å². The number of piperazine rings is 1. The number of amides is 2. The first-order valence-electron chi connectivity index (χ1n) is 5.59. The van der Waals surface area contributed by atoms with Gasteiger partial charge in [0.25, 0.3) is 0 Å². The molecule has 0 saturated carbocycles. The fourth-order valence-corrected chi connectivity index (χ4v) is 1.92. The number of hydrogen-bond acceptors (Lipinski definition) is 4. The smallest absolute Gasteiger partial charge is 0.246 e. The highest BCUT2D eigenvalue weighted by atomic mass is 35.5. The standard InChI is InChI=1S/C12H14ClN3O2/c1-12(2)11(18)15-10(17)7-16(12)6-8-3-4-9(13)14-5-8/h3-5H,6-7H2,1-2H3,(H,15,17,18). The minimum Gasteiger partial charge on any atom is -0.294 e. The Morgan fingerprint density at radius 1 is 1.44 bits per heavy atom. The fourth-order valence-electron chi connectivity index (χ4n) is 1.81. The quantitative estimate of drug-likeness (QED) is 0.641. The van der Waals surface area contributed by atoms with Gasteiger partial charge in [0.2, 0.25) is 11.8 Å². The zero-order chi connectivity index (χ0) is 13.3. The maximum Gasteiger partial charge on any atom is 0.246 e. The van der Waals surface area contributed by atoms with Gasteiger partial charge in [-0.15, -0.1) is 0 Å². The third-order valence-electron chi connectivity index (χ3n) is 3.10. The SMILES string of the molecule is CC1(C)C(=O)NC(=O)CN1Cc1ccc(Cl)nc1. The van der Waals surface area contributed by atoms with E-state index in [1.54, 1.807) is 26.1 Å². The lowest BCUT2D eigenvalue weighted by Crippen LogP contribution is -2.63. The maximum atomic E-state index is 11.8. The summed E-state index contributed by atoms with van der Waals surface area (Å²) in [6, 6.07) is 3.53. The molecule has 0 atom stereocenters. The van der Waals surface area contributed by atoms with E-state index in [-0.39, 0.29) is 18.4 Å². The molecule has 2 amide bonds. The number of imide groups is 1. The van der Waals surface area contributed by atoms with Gasteiger partial charge in [0.05, 0.1) is 12.1 Å². The summed E-state index contributed by atoms with van der Waals surface area (Å²) in [7, 11) is 0. The molecule has 0 bridgehead atoms. The van der Waals surface area contributed by atoms with E-state index in [4.69, 9.17) is 11.6 Å². The van der Waals surface area contributed by atoms with Crippen LogP contribution in [0.25, 0.3) is 0 Å². The number of nitrogens with one attached hydrogen (secondary N) is 1. The lowest BCUT2D eigenvalue weighted by Gasteiger charge is -2.40. The van der Waals surface area contributed by atoms with Gasteiger partial charge in [-0.25, -0.2) is 4.98 Å². The van der Waals surface area contributed by atoms with Crippen molar-refractivity contribution in [1.82, 2.24) is 15.2 Å². The highest BCUT2D eigenvalue weighted by Crippen LogP contribution is 2.21. The number of pyridine rings is 1. The number of hydrogen-bond donors (Lipinski definition) is 1. The highest BCUT2D eigenvalue weighted by molar-refractivity contribution is 6.29. The van der Waals surface area contributed by atoms with E-state index in [9.17, 15) is 9.59 Å². The minimum atomic E-state index is -0.715. The Labute approximate surface area is 110 Å². The molecule has 1 aromatic rings. The lowest BCUT2D eigenvalue weighted by molar-refractivity contribution is -0.145. The van der Waals surface area contributed by atoms with E-state index in [0.29, 0.717) is 11.7 Å². The molecule has 0 aliphatic carbocycles. The van der Waals surface area contributed by atoms with Crippen LogP contribution in [0.2, 0.25) is 5.15 Å². The summed E-state index contributed by atoms with van der Waals surface area (Å²) in [6.07, 6.45) is 1.65. The van der Waals surface area contributed by atoms with E-state index < -0.39 is 5.54 Å². The van der Waals surface area contributed by atoms with Gasteiger partial charge >= 0.3 is 0 Å². The Hall–Kier alpha value is -1.46. The third-order valence-corrected chi connectivity index (χ3v) is 3.32. The third kappa shape index (κ3) is 2.52. The highest BCUT2D eigenvalue weighted by Gasteiger charge is 2.40. The molecule has 1 aliphatic heterocycles. The van der Waals surface area contributed by atoms with Crippen LogP contribution in [0.5, 0.6) is 0 Å². The van der Waals surface area contributed by atoms with Crippen molar-refractivity contribution in [2.75, 3.05) is 6.54 Å². The molecule has 1 saturated heterocycles. The first kappa shape index (κ1) is 13.0. The number of halogens is 1. The van der Waals surface area contributed by atoms with E-state index in [1.807, 2.05) is 11.0 Å². The zero-order valence-electron chi connectivity index (χ0n) is 10.2. The second-order valence-electron chi connectivity index (χ2n) is 4.78. The molecule has 1 N–H and O–H groups in total. The van der Waals surface area contributed by atoms with Crippen molar-refractivity contribution >= 4 is 23.4 Å². The average Bonchev–Trinajstić information content (AvgIpc) is 2.29. The fraction of sp³-hybridized carbons (Fsp3) is 0.417. The Morgan fingerprint density at radius 2 is 2.17 bits per heavy atom. The van der Waals surface area contributed by atoms with Crippen LogP contribution in [0.4, 0.5) is 0 Å². The van der Waals surface area contributed by atoms with E-state index >= 15 is 0 Å². The molecule has 0 unspecified atom stereocenters. The molecule has 96 valence electrons. The molecule has 18 heavy (non-hydrogen) atoms. The van der Waals surface area contributed by atoms with Crippen LogP contribution in [-0.2, 0) is 16.1 Å². The van der Waals surface area contributed by atoms with E-state index in [1.165, 1.54) is 0 Å². The van der Waals surface area contributed by atoms with Gasteiger partial charge in [0.1, 0.15) is 5.15 Å².